The van der Waals surface area contributed by atoms with Crippen molar-refractivity contribution in [1.82, 2.24) is 14.8 Å². The van der Waals surface area contributed by atoms with Crippen LogP contribution in [0.15, 0.2) is 30.6 Å². The minimum absolute atomic E-state index is 0.423. The van der Waals surface area contributed by atoms with Gasteiger partial charge in [-0.15, -0.1) is 0 Å². The summed E-state index contributed by atoms with van der Waals surface area (Å²) in [6, 6.07) is 8.48. The average molecular weight is 228 g/mol. The highest BCUT2D eigenvalue weighted by Gasteiger charge is 2.23. The molecule has 0 spiro atoms. The Bertz CT molecular complexity index is 518. The molecule has 4 heteroatoms. The predicted octanol–water partition coefficient (Wildman–Crippen LogP) is 2.05. The average Bonchev–Trinajstić information content (AvgIpc) is 2.86. The Kier molecular flexibility index (Phi) is 2.55. The van der Waals surface area contributed by atoms with E-state index in [1.165, 1.54) is 11.3 Å². The molecular weight excluding hydrogens is 212 g/mol. The van der Waals surface area contributed by atoms with E-state index in [4.69, 9.17) is 0 Å². The van der Waals surface area contributed by atoms with Crippen molar-refractivity contribution in [3.8, 4) is 0 Å². The number of para-hydroxylation sites is 1. The Balaban J connectivity index is 1.89. The van der Waals surface area contributed by atoms with Gasteiger partial charge in [-0.3, -0.25) is 4.68 Å². The van der Waals surface area contributed by atoms with Gasteiger partial charge in [-0.25, -0.2) is 4.98 Å². The van der Waals surface area contributed by atoms with Crippen molar-refractivity contribution in [3.05, 3.63) is 42.0 Å². The fraction of sp³-hybridized carbons (Fsp3) is 0.385. The molecule has 1 aliphatic rings. The van der Waals surface area contributed by atoms with Gasteiger partial charge in [0.05, 0.1) is 0 Å². The lowest BCUT2D eigenvalue weighted by atomic mass is 9.93. The van der Waals surface area contributed by atoms with Gasteiger partial charge < -0.3 is 5.32 Å². The normalized spacial score (nSPS) is 18.5. The van der Waals surface area contributed by atoms with Crippen LogP contribution in [0.1, 0.15) is 24.2 Å². The highest BCUT2D eigenvalue weighted by atomic mass is 15.3. The molecule has 0 amide bonds. The minimum atomic E-state index is 0.423. The standard InChI is InChI=1S/C13H16N4/c1-2-17-13(15-9-16-17)11-7-10-5-3-4-6-12(10)14-8-11/h3-6,9,11,14H,2,7-8H2,1H3. The van der Waals surface area contributed by atoms with Gasteiger partial charge in [0.25, 0.3) is 0 Å². The molecule has 0 aliphatic carbocycles. The molecule has 2 aromatic rings. The van der Waals surface area contributed by atoms with Gasteiger partial charge >= 0.3 is 0 Å². The lowest BCUT2D eigenvalue weighted by Crippen LogP contribution is -2.24. The van der Waals surface area contributed by atoms with E-state index < -0.39 is 0 Å². The summed E-state index contributed by atoms with van der Waals surface area (Å²) in [5.41, 5.74) is 2.63. The number of fused-ring (bicyclic) bond motifs is 1. The summed E-state index contributed by atoms with van der Waals surface area (Å²) in [7, 11) is 0. The zero-order valence-electron chi connectivity index (χ0n) is 9.93. The number of anilines is 1. The molecule has 88 valence electrons. The summed E-state index contributed by atoms with van der Waals surface area (Å²) in [5.74, 6) is 1.52. The first-order chi connectivity index (χ1) is 8.38. The maximum Gasteiger partial charge on any atom is 0.138 e. The van der Waals surface area contributed by atoms with E-state index in [2.05, 4.69) is 46.6 Å². The maximum atomic E-state index is 4.40. The molecule has 3 rings (SSSR count). The second-order valence-electron chi connectivity index (χ2n) is 4.37. The van der Waals surface area contributed by atoms with Crippen molar-refractivity contribution < 1.29 is 0 Å². The summed E-state index contributed by atoms with van der Waals surface area (Å²) in [6.45, 7) is 3.92. The van der Waals surface area contributed by atoms with Crippen LogP contribution in [0.3, 0.4) is 0 Å². The fourth-order valence-corrected chi connectivity index (χ4v) is 2.46. The van der Waals surface area contributed by atoms with Crippen LogP contribution in [0, 0.1) is 0 Å². The second kappa shape index (κ2) is 4.20. The molecule has 1 aromatic carbocycles. The topological polar surface area (TPSA) is 42.7 Å². The maximum absolute atomic E-state index is 4.40. The van der Waals surface area contributed by atoms with Gasteiger partial charge in [0.1, 0.15) is 12.2 Å². The molecule has 1 aromatic heterocycles. The summed E-state index contributed by atoms with van der Waals surface area (Å²) in [6.07, 6.45) is 2.70. The molecule has 4 nitrogen and oxygen atoms in total. The third-order valence-corrected chi connectivity index (χ3v) is 3.33. The second-order valence-corrected chi connectivity index (χ2v) is 4.37. The Morgan fingerprint density at radius 1 is 1.41 bits per heavy atom. The lowest BCUT2D eigenvalue weighted by molar-refractivity contribution is 0.552. The van der Waals surface area contributed by atoms with E-state index in [1.807, 2.05) is 4.68 Å². The van der Waals surface area contributed by atoms with Crippen molar-refractivity contribution >= 4 is 5.69 Å². The van der Waals surface area contributed by atoms with Gasteiger partial charge in [0.2, 0.25) is 0 Å². The van der Waals surface area contributed by atoms with Crippen molar-refractivity contribution in [3.63, 3.8) is 0 Å². The van der Waals surface area contributed by atoms with Crippen LogP contribution in [0.25, 0.3) is 0 Å². The summed E-state index contributed by atoms with van der Waals surface area (Å²) in [5, 5.41) is 7.71. The Labute approximate surface area is 101 Å². The van der Waals surface area contributed by atoms with Crippen LogP contribution in [0.5, 0.6) is 0 Å². The molecule has 1 unspecified atom stereocenters. The largest absolute Gasteiger partial charge is 0.384 e. The molecule has 0 radical (unpaired) electrons. The smallest absolute Gasteiger partial charge is 0.138 e. The summed E-state index contributed by atoms with van der Waals surface area (Å²) in [4.78, 5) is 4.40. The number of aryl methyl sites for hydroxylation is 1. The molecule has 0 saturated carbocycles. The molecule has 1 N–H and O–H groups in total. The van der Waals surface area contributed by atoms with Crippen LogP contribution in [-0.2, 0) is 13.0 Å². The van der Waals surface area contributed by atoms with E-state index in [0.717, 1.165) is 25.3 Å². The fourth-order valence-electron chi connectivity index (χ4n) is 2.46. The SMILES string of the molecule is CCn1ncnc1C1CNc2ccccc2C1. The highest BCUT2D eigenvalue weighted by molar-refractivity contribution is 5.53. The van der Waals surface area contributed by atoms with Crippen LogP contribution in [0.2, 0.25) is 0 Å². The Hall–Kier alpha value is -1.84. The van der Waals surface area contributed by atoms with Crippen LogP contribution in [-0.4, -0.2) is 21.3 Å². The Morgan fingerprint density at radius 2 is 2.29 bits per heavy atom. The molecule has 0 saturated heterocycles. The van der Waals surface area contributed by atoms with Gasteiger partial charge in [-0.05, 0) is 25.0 Å². The number of aromatic nitrogens is 3. The zero-order chi connectivity index (χ0) is 11.7. The predicted molar refractivity (Wildman–Crippen MR) is 67.1 cm³/mol. The van der Waals surface area contributed by atoms with Crippen molar-refractivity contribution in [2.75, 3.05) is 11.9 Å². The molecule has 2 heterocycles. The van der Waals surface area contributed by atoms with E-state index in [1.54, 1.807) is 6.33 Å². The zero-order valence-corrected chi connectivity index (χ0v) is 9.93. The number of hydrogen-bond donors (Lipinski definition) is 1. The van der Waals surface area contributed by atoms with Crippen molar-refractivity contribution in [2.24, 2.45) is 0 Å². The van der Waals surface area contributed by atoms with Gasteiger partial charge in [-0.2, -0.15) is 5.10 Å². The monoisotopic (exact) mass is 228 g/mol. The number of nitrogens with one attached hydrogen (secondary N) is 1. The molecule has 1 atom stereocenters. The van der Waals surface area contributed by atoms with Crippen LogP contribution in [0.4, 0.5) is 5.69 Å². The van der Waals surface area contributed by atoms with Crippen LogP contribution >= 0.6 is 0 Å². The lowest BCUT2D eigenvalue weighted by Gasteiger charge is -2.25. The first-order valence-corrected chi connectivity index (χ1v) is 6.08. The first-order valence-electron chi connectivity index (χ1n) is 6.08. The number of hydrogen-bond acceptors (Lipinski definition) is 3. The molecule has 17 heavy (non-hydrogen) atoms. The van der Waals surface area contributed by atoms with E-state index >= 15 is 0 Å². The van der Waals surface area contributed by atoms with Gasteiger partial charge in [-0.1, -0.05) is 18.2 Å². The van der Waals surface area contributed by atoms with Crippen LogP contribution < -0.4 is 5.32 Å². The van der Waals surface area contributed by atoms with E-state index in [0.29, 0.717) is 5.92 Å². The third kappa shape index (κ3) is 1.79. The highest BCUT2D eigenvalue weighted by Crippen LogP contribution is 2.29. The summed E-state index contributed by atoms with van der Waals surface area (Å²) >= 11 is 0. The van der Waals surface area contributed by atoms with E-state index in [-0.39, 0.29) is 0 Å². The molecule has 0 bridgehead atoms. The Morgan fingerprint density at radius 3 is 3.18 bits per heavy atom. The van der Waals surface area contributed by atoms with Crippen molar-refractivity contribution in [1.29, 1.82) is 0 Å². The summed E-state index contributed by atoms with van der Waals surface area (Å²) < 4.78 is 1.99. The first kappa shape index (κ1) is 10.3. The third-order valence-electron chi connectivity index (χ3n) is 3.33. The van der Waals surface area contributed by atoms with Crippen molar-refractivity contribution in [2.45, 2.75) is 25.8 Å². The number of rotatable bonds is 2. The van der Waals surface area contributed by atoms with Gasteiger partial charge in [0, 0.05) is 24.7 Å². The molecule has 0 fully saturated rings. The quantitative estimate of drug-likeness (QED) is 0.855. The molecule has 1 aliphatic heterocycles. The number of benzene rings is 1. The number of nitrogens with zero attached hydrogens (tertiary/aromatic N) is 3. The minimum Gasteiger partial charge on any atom is -0.384 e. The van der Waals surface area contributed by atoms with Gasteiger partial charge in [0.15, 0.2) is 0 Å². The molecular formula is C13H16N4. The van der Waals surface area contributed by atoms with E-state index in [9.17, 15) is 0 Å².